The van der Waals surface area contributed by atoms with E-state index in [1.165, 1.54) is 0 Å². The van der Waals surface area contributed by atoms with Gasteiger partial charge in [-0.25, -0.2) is 9.59 Å². The molecule has 0 saturated carbocycles. The third-order valence-electron chi connectivity index (χ3n) is 6.26. The zero-order chi connectivity index (χ0) is 25.9. The van der Waals surface area contributed by atoms with E-state index in [0.29, 0.717) is 47.3 Å². The Morgan fingerprint density at radius 2 is 1.22 bits per heavy atom. The third kappa shape index (κ3) is 6.68. The van der Waals surface area contributed by atoms with E-state index in [0.717, 1.165) is 61.5 Å². The summed E-state index contributed by atoms with van der Waals surface area (Å²) in [5.74, 6) is 0.832. The van der Waals surface area contributed by atoms with Gasteiger partial charge >= 0.3 is 12.3 Å². The summed E-state index contributed by atoms with van der Waals surface area (Å²) in [6, 6.07) is 11.6. The number of aryl methyl sites for hydroxylation is 2. The summed E-state index contributed by atoms with van der Waals surface area (Å²) in [6.45, 7) is 8.95. The van der Waals surface area contributed by atoms with Crippen LogP contribution >= 0.6 is 0 Å². The van der Waals surface area contributed by atoms with Crippen molar-refractivity contribution < 1.29 is 28.5 Å². The Hall–Kier alpha value is -3.28. The highest BCUT2D eigenvalue weighted by Gasteiger charge is 2.23. The molecule has 0 bridgehead atoms. The molecule has 0 aliphatic rings. The molecule has 36 heavy (non-hydrogen) atoms. The Kier molecular flexibility index (Phi) is 10.4. The quantitative estimate of drug-likeness (QED) is 0.109. The van der Waals surface area contributed by atoms with Gasteiger partial charge < -0.3 is 18.9 Å². The molecular formula is C30H38O6. The zero-order valence-corrected chi connectivity index (χ0v) is 22.0. The first-order valence-electron chi connectivity index (χ1n) is 13.2. The molecule has 3 rings (SSSR count). The topological polar surface area (TPSA) is 71.1 Å². The molecule has 3 aromatic rings. The van der Waals surface area contributed by atoms with Crippen LogP contribution < -0.4 is 9.47 Å². The minimum atomic E-state index is -0.735. The van der Waals surface area contributed by atoms with Crippen molar-refractivity contribution in [3.05, 3.63) is 47.5 Å². The minimum Gasteiger partial charge on any atom is -0.434 e. The van der Waals surface area contributed by atoms with E-state index in [-0.39, 0.29) is 0 Å². The van der Waals surface area contributed by atoms with E-state index in [1.807, 2.05) is 30.3 Å². The number of unbranched alkanes of at least 4 members (excludes halogenated alkanes) is 4. The van der Waals surface area contributed by atoms with Crippen molar-refractivity contribution in [3.8, 4) is 11.5 Å². The number of benzene rings is 3. The molecule has 0 aliphatic carbocycles. The van der Waals surface area contributed by atoms with Crippen LogP contribution in [0.15, 0.2) is 36.4 Å². The molecule has 0 atom stereocenters. The number of hydrogen-bond donors (Lipinski definition) is 0. The van der Waals surface area contributed by atoms with Crippen molar-refractivity contribution in [3.63, 3.8) is 0 Å². The lowest BCUT2D eigenvalue weighted by atomic mass is 9.93. The molecule has 3 aromatic carbocycles. The van der Waals surface area contributed by atoms with Crippen LogP contribution in [-0.4, -0.2) is 25.5 Å². The fourth-order valence-electron chi connectivity index (χ4n) is 4.31. The lowest BCUT2D eigenvalue weighted by Crippen LogP contribution is -2.14. The van der Waals surface area contributed by atoms with Gasteiger partial charge in [-0.05, 0) is 42.9 Å². The van der Waals surface area contributed by atoms with E-state index in [4.69, 9.17) is 18.9 Å². The van der Waals surface area contributed by atoms with Gasteiger partial charge in [-0.1, -0.05) is 83.7 Å². The molecule has 0 heterocycles. The normalized spacial score (nSPS) is 11.0. The second-order valence-electron chi connectivity index (χ2n) is 8.90. The van der Waals surface area contributed by atoms with Gasteiger partial charge in [0.25, 0.3) is 0 Å². The summed E-state index contributed by atoms with van der Waals surface area (Å²) in [6.07, 6.45) is 5.69. The molecule has 0 radical (unpaired) electrons. The number of carbonyl (C=O) groups excluding carboxylic acids is 2. The first kappa shape index (κ1) is 27.3. The van der Waals surface area contributed by atoms with Crippen molar-refractivity contribution in [2.24, 2.45) is 0 Å². The summed E-state index contributed by atoms with van der Waals surface area (Å²) in [7, 11) is 0. The van der Waals surface area contributed by atoms with Gasteiger partial charge in [-0.3, -0.25) is 0 Å². The van der Waals surface area contributed by atoms with Gasteiger partial charge in [-0.2, -0.15) is 0 Å². The van der Waals surface area contributed by atoms with E-state index < -0.39 is 12.3 Å². The summed E-state index contributed by atoms with van der Waals surface area (Å²) >= 11 is 0. The molecule has 0 aliphatic heterocycles. The summed E-state index contributed by atoms with van der Waals surface area (Å²) in [4.78, 5) is 25.3. The molecule has 0 amide bonds. The second kappa shape index (κ2) is 13.7. The fourth-order valence-corrected chi connectivity index (χ4v) is 4.31. The second-order valence-corrected chi connectivity index (χ2v) is 8.90. The maximum atomic E-state index is 12.7. The van der Waals surface area contributed by atoms with Crippen molar-refractivity contribution in [1.29, 1.82) is 0 Å². The monoisotopic (exact) mass is 494 g/mol. The van der Waals surface area contributed by atoms with Crippen LogP contribution in [0, 0.1) is 0 Å². The largest absolute Gasteiger partial charge is 0.513 e. The van der Waals surface area contributed by atoms with Gasteiger partial charge in [0.2, 0.25) is 0 Å². The number of hydrogen-bond acceptors (Lipinski definition) is 6. The molecule has 0 unspecified atom stereocenters. The fraction of sp³-hybridized carbons (Fsp3) is 0.467. The highest BCUT2D eigenvalue weighted by Crippen LogP contribution is 2.45. The smallest absolute Gasteiger partial charge is 0.434 e. The number of ether oxygens (including phenoxy) is 4. The van der Waals surface area contributed by atoms with Crippen molar-refractivity contribution in [1.82, 2.24) is 0 Å². The van der Waals surface area contributed by atoms with Crippen molar-refractivity contribution in [2.75, 3.05) is 13.2 Å². The van der Waals surface area contributed by atoms with Crippen LogP contribution in [-0.2, 0) is 22.3 Å². The van der Waals surface area contributed by atoms with Gasteiger partial charge in [0, 0.05) is 21.5 Å². The Bertz CT molecular complexity index is 1180. The van der Waals surface area contributed by atoms with Crippen LogP contribution in [0.2, 0.25) is 0 Å². The molecule has 0 aromatic heterocycles. The van der Waals surface area contributed by atoms with Crippen LogP contribution in [0.1, 0.15) is 77.3 Å². The Morgan fingerprint density at radius 1 is 0.667 bits per heavy atom. The summed E-state index contributed by atoms with van der Waals surface area (Å²) in [5.41, 5.74) is 2.11. The summed E-state index contributed by atoms with van der Waals surface area (Å²) < 4.78 is 22.4. The predicted octanol–water partition coefficient (Wildman–Crippen LogP) is 8.53. The third-order valence-corrected chi connectivity index (χ3v) is 6.26. The van der Waals surface area contributed by atoms with Crippen LogP contribution in [0.3, 0.4) is 0 Å². The van der Waals surface area contributed by atoms with Crippen LogP contribution in [0.25, 0.3) is 21.5 Å². The maximum absolute atomic E-state index is 12.7. The molecule has 6 heteroatoms. The zero-order valence-electron chi connectivity index (χ0n) is 22.0. The van der Waals surface area contributed by atoms with Gasteiger partial charge in [0.05, 0.1) is 13.2 Å². The number of rotatable bonds is 12. The average Bonchev–Trinajstić information content (AvgIpc) is 2.90. The van der Waals surface area contributed by atoms with E-state index in [2.05, 4.69) is 33.8 Å². The Labute approximate surface area is 213 Å². The summed E-state index contributed by atoms with van der Waals surface area (Å²) in [5, 5.41) is 2.79. The van der Waals surface area contributed by atoms with Crippen molar-refractivity contribution >= 4 is 33.9 Å². The van der Waals surface area contributed by atoms with Gasteiger partial charge in [-0.15, -0.1) is 0 Å². The molecule has 6 nitrogen and oxygen atoms in total. The minimum absolute atomic E-state index is 0.314. The first-order chi connectivity index (χ1) is 17.5. The highest BCUT2D eigenvalue weighted by molar-refractivity contribution is 6.13. The first-order valence-corrected chi connectivity index (χ1v) is 13.2. The molecular weight excluding hydrogens is 456 g/mol. The average molecular weight is 495 g/mol. The Balaban J connectivity index is 2.11. The highest BCUT2D eigenvalue weighted by atomic mass is 16.7. The molecule has 0 spiro atoms. The maximum Gasteiger partial charge on any atom is 0.513 e. The lowest BCUT2D eigenvalue weighted by molar-refractivity contribution is 0.0966. The van der Waals surface area contributed by atoms with Gasteiger partial charge in [0.15, 0.2) is 5.75 Å². The molecule has 194 valence electrons. The molecule has 0 saturated heterocycles. The molecule has 0 fully saturated rings. The van der Waals surface area contributed by atoms with E-state index >= 15 is 0 Å². The van der Waals surface area contributed by atoms with Crippen LogP contribution in [0.4, 0.5) is 9.59 Å². The molecule has 0 N–H and O–H groups in total. The SMILES string of the molecule is CCCCCOC(=O)Oc1c2ccccc2c(OC(=O)OCCCCC)c2c(CC)cc(CC)cc12. The lowest BCUT2D eigenvalue weighted by Gasteiger charge is -2.19. The van der Waals surface area contributed by atoms with Gasteiger partial charge in [0.1, 0.15) is 5.75 Å². The number of fused-ring (bicyclic) bond motifs is 2. The van der Waals surface area contributed by atoms with E-state index in [1.54, 1.807) is 0 Å². The Morgan fingerprint density at radius 3 is 1.75 bits per heavy atom. The standard InChI is InChI=1S/C30H38O6/c1-5-9-13-17-33-29(31)35-27-23-15-11-12-16-24(23)28(36-30(32)34-18-14-10-6-2)26-22(8-4)19-21(7-3)20-25(26)27/h11-12,15-16,19-20H,5-10,13-14,17-18H2,1-4H3. The van der Waals surface area contributed by atoms with Crippen LogP contribution in [0.5, 0.6) is 11.5 Å². The van der Waals surface area contributed by atoms with E-state index in [9.17, 15) is 9.59 Å². The number of carbonyl (C=O) groups is 2. The van der Waals surface area contributed by atoms with Crippen molar-refractivity contribution in [2.45, 2.75) is 79.1 Å². The predicted molar refractivity (Wildman–Crippen MR) is 143 cm³/mol.